The van der Waals surface area contributed by atoms with Crippen molar-refractivity contribution in [2.45, 2.75) is 50.4 Å². The third kappa shape index (κ3) is 3.71. The Kier molecular flexibility index (Phi) is 4.78. The minimum Gasteiger partial charge on any atom is -0.444 e. The maximum Gasteiger partial charge on any atom is 0.410 e. The maximum atomic E-state index is 13.2. The van der Waals surface area contributed by atoms with Crippen molar-refractivity contribution in [3.63, 3.8) is 0 Å². The van der Waals surface area contributed by atoms with E-state index in [0.717, 1.165) is 24.1 Å². The molecule has 2 aliphatic heterocycles. The Morgan fingerprint density at radius 3 is 2.75 bits per heavy atom. The van der Waals surface area contributed by atoms with Crippen LogP contribution in [0.5, 0.6) is 0 Å². The van der Waals surface area contributed by atoms with Crippen LogP contribution >= 0.6 is 11.8 Å². The van der Waals surface area contributed by atoms with Crippen LogP contribution in [-0.2, 0) is 4.74 Å². The molecule has 3 heterocycles. The maximum absolute atomic E-state index is 13.2. The highest BCUT2D eigenvalue weighted by atomic mass is 32.2. The third-order valence-corrected chi connectivity index (χ3v) is 5.34. The summed E-state index contributed by atoms with van der Waals surface area (Å²) in [5.41, 5.74) is 4.42. The molecule has 4 rings (SSSR count). The zero-order chi connectivity index (χ0) is 19.9. The molecule has 1 N–H and O–H groups in total. The Bertz CT molecular complexity index is 919. The second kappa shape index (κ2) is 7.12. The number of carbonyl (C=O) groups is 1. The fourth-order valence-corrected chi connectivity index (χ4v) is 4.02. The molecule has 9 heteroatoms. The lowest BCUT2D eigenvalue weighted by Gasteiger charge is -2.29. The number of benzene rings is 1. The predicted octanol–water partition coefficient (Wildman–Crippen LogP) is 4.14. The van der Waals surface area contributed by atoms with Gasteiger partial charge in [-0.25, -0.2) is 13.9 Å². The molecule has 2 aliphatic rings. The van der Waals surface area contributed by atoms with Crippen LogP contribution in [0.1, 0.15) is 51.0 Å². The third-order valence-electron chi connectivity index (χ3n) is 4.51. The SMILES string of the molecule is CC(C)(C)OC(=O)N1CCC[C@@H]1c1nnc2n1NC(c1ccc(F)cc1)=CS2. The smallest absolute Gasteiger partial charge is 0.410 e. The van der Waals surface area contributed by atoms with Gasteiger partial charge in [-0.05, 0) is 57.9 Å². The summed E-state index contributed by atoms with van der Waals surface area (Å²) < 4.78 is 20.6. The summed E-state index contributed by atoms with van der Waals surface area (Å²) in [6, 6.07) is 6.06. The van der Waals surface area contributed by atoms with Gasteiger partial charge in [0.15, 0.2) is 5.82 Å². The molecule has 148 valence electrons. The molecule has 0 unspecified atom stereocenters. The first kappa shape index (κ1) is 18.8. The number of hydrogen-bond donors (Lipinski definition) is 1. The second-order valence-electron chi connectivity index (χ2n) is 7.78. The van der Waals surface area contributed by atoms with Gasteiger partial charge in [0, 0.05) is 17.5 Å². The number of thioether (sulfide) groups is 1. The molecule has 0 spiro atoms. The fraction of sp³-hybridized carbons (Fsp3) is 0.421. The largest absolute Gasteiger partial charge is 0.444 e. The average molecular weight is 403 g/mol. The minimum absolute atomic E-state index is 0.211. The van der Waals surface area contributed by atoms with Gasteiger partial charge in [-0.15, -0.1) is 10.2 Å². The number of likely N-dealkylation sites (tertiary alicyclic amines) is 1. The molecule has 1 atom stereocenters. The van der Waals surface area contributed by atoms with Crippen molar-refractivity contribution in [2.75, 3.05) is 12.0 Å². The van der Waals surface area contributed by atoms with Crippen molar-refractivity contribution >= 4 is 23.6 Å². The van der Waals surface area contributed by atoms with Crippen molar-refractivity contribution in [3.8, 4) is 0 Å². The molecule has 1 fully saturated rings. The Morgan fingerprint density at radius 2 is 2.04 bits per heavy atom. The number of nitrogens with zero attached hydrogens (tertiary/aromatic N) is 4. The first-order chi connectivity index (χ1) is 13.3. The molecule has 1 amide bonds. The van der Waals surface area contributed by atoms with Crippen molar-refractivity contribution in [3.05, 3.63) is 46.9 Å². The van der Waals surface area contributed by atoms with E-state index in [1.54, 1.807) is 21.7 Å². The lowest BCUT2D eigenvalue weighted by molar-refractivity contribution is 0.0216. The summed E-state index contributed by atoms with van der Waals surface area (Å²) in [6.45, 7) is 6.18. The van der Waals surface area contributed by atoms with Gasteiger partial charge in [0.25, 0.3) is 0 Å². The normalized spacial score (nSPS) is 19.1. The van der Waals surface area contributed by atoms with Gasteiger partial charge in [-0.1, -0.05) is 11.8 Å². The Morgan fingerprint density at radius 1 is 1.29 bits per heavy atom. The van der Waals surface area contributed by atoms with E-state index in [1.807, 2.05) is 26.2 Å². The molecule has 28 heavy (non-hydrogen) atoms. The van der Waals surface area contributed by atoms with E-state index in [0.29, 0.717) is 17.5 Å². The van der Waals surface area contributed by atoms with Gasteiger partial charge in [-0.3, -0.25) is 10.3 Å². The Labute approximate surface area is 166 Å². The highest BCUT2D eigenvalue weighted by Crippen LogP contribution is 2.36. The molecule has 2 aromatic rings. The second-order valence-corrected chi connectivity index (χ2v) is 8.61. The lowest BCUT2D eigenvalue weighted by atomic mass is 10.2. The molecule has 1 aromatic carbocycles. The summed E-state index contributed by atoms with van der Waals surface area (Å²) in [4.78, 5) is 14.3. The van der Waals surface area contributed by atoms with Gasteiger partial charge in [0.2, 0.25) is 5.16 Å². The van der Waals surface area contributed by atoms with Crippen molar-refractivity contribution in [1.82, 2.24) is 19.8 Å². The molecular weight excluding hydrogens is 381 g/mol. The number of halogens is 1. The lowest BCUT2D eigenvalue weighted by Crippen LogP contribution is -2.37. The molecule has 0 saturated carbocycles. The number of carbonyl (C=O) groups excluding carboxylic acids is 1. The van der Waals surface area contributed by atoms with Gasteiger partial charge >= 0.3 is 6.09 Å². The summed E-state index contributed by atoms with van der Waals surface area (Å²) >= 11 is 1.43. The number of fused-ring (bicyclic) bond motifs is 1. The van der Waals surface area contributed by atoms with Crippen molar-refractivity contribution < 1.29 is 13.9 Å². The van der Waals surface area contributed by atoms with Crippen LogP contribution in [0.4, 0.5) is 9.18 Å². The standard InChI is InChI=1S/C19H22FN5O2S/c1-19(2,3)27-18(26)24-10-4-5-15(24)16-21-22-17-25(16)23-14(11-28-17)12-6-8-13(20)9-7-12/h6-9,11,15,23H,4-5,10H2,1-3H3/t15-/m1/s1. The van der Waals surface area contributed by atoms with E-state index in [9.17, 15) is 9.18 Å². The molecule has 7 nitrogen and oxygen atoms in total. The molecule has 0 aliphatic carbocycles. The quantitative estimate of drug-likeness (QED) is 0.813. The van der Waals surface area contributed by atoms with E-state index in [4.69, 9.17) is 4.74 Å². The van der Waals surface area contributed by atoms with Crippen LogP contribution in [0.25, 0.3) is 5.70 Å². The predicted molar refractivity (Wildman–Crippen MR) is 105 cm³/mol. The number of ether oxygens (including phenoxy) is 1. The number of amides is 1. The summed E-state index contributed by atoms with van der Waals surface area (Å²) in [5.74, 6) is 0.385. The average Bonchev–Trinajstić information content (AvgIpc) is 3.27. The molecular formula is C19H22FN5O2S. The fourth-order valence-electron chi connectivity index (χ4n) is 3.27. The Balaban J connectivity index is 1.58. The van der Waals surface area contributed by atoms with E-state index >= 15 is 0 Å². The van der Waals surface area contributed by atoms with Gasteiger partial charge in [0.1, 0.15) is 11.4 Å². The highest BCUT2D eigenvalue weighted by Gasteiger charge is 2.37. The summed E-state index contributed by atoms with van der Waals surface area (Å²) in [7, 11) is 0. The first-order valence-corrected chi connectivity index (χ1v) is 10.0. The number of aromatic nitrogens is 3. The first-order valence-electron chi connectivity index (χ1n) is 9.16. The topological polar surface area (TPSA) is 72.3 Å². The van der Waals surface area contributed by atoms with Crippen LogP contribution in [0, 0.1) is 5.82 Å². The molecule has 1 saturated heterocycles. The zero-order valence-corrected chi connectivity index (χ0v) is 16.8. The van der Waals surface area contributed by atoms with Crippen molar-refractivity contribution in [2.24, 2.45) is 0 Å². The zero-order valence-electron chi connectivity index (χ0n) is 16.0. The number of hydrogen-bond acceptors (Lipinski definition) is 6. The molecule has 1 aromatic heterocycles. The monoisotopic (exact) mass is 403 g/mol. The van der Waals surface area contributed by atoms with E-state index < -0.39 is 5.60 Å². The minimum atomic E-state index is -0.554. The Hall–Kier alpha value is -2.55. The summed E-state index contributed by atoms with van der Waals surface area (Å²) in [5, 5.41) is 11.2. The van der Waals surface area contributed by atoms with Gasteiger partial charge in [0.05, 0.1) is 11.7 Å². The van der Waals surface area contributed by atoms with Crippen molar-refractivity contribution in [1.29, 1.82) is 0 Å². The van der Waals surface area contributed by atoms with Crippen LogP contribution in [0.15, 0.2) is 34.8 Å². The summed E-state index contributed by atoms with van der Waals surface area (Å²) in [6.07, 6.45) is 1.32. The van der Waals surface area contributed by atoms with Crippen LogP contribution in [0.3, 0.4) is 0 Å². The van der Waals surface area contributed by atoms with Crippen LogP contribution in [0.2, 0.25) is 0 Å². The van der Waals surface area contributed by atoms with E-state index in [-0.39, 0.29) is 18.0 Å². The number of nitrogens with one attached hydrogen (secondary N) is 1. The van der Waals surface area contributed by atoms with Crippen LogP contribution < -0.4 is 5.43 Å². The molecule has 0 radical (unpaired) electrons. The van der Waals surface area contributed by atoms with Gasteiger partial charge < -0.3 is 4.74 Å². The van der Waals surface area contributed by atoms with E-state index in [1.165, 1.54) is 23.9 Å². The van der Waals surface area contributed by atoms with E-state index in [2.05, 4.69) is 15.6 Å². The highest BCUT2D eigenvalue weighted by molar-refractivity contribution is 8.02. The van der Waals surface area contributed by atoms with Crippen LogP contribution in [-0.4, -0.2) is 38.0 Å². The number of rotatable bonds is 2. The van der Waals surface area contributed by atoms with Gasteiger partial charge in [-0.2, -0.15) is 0 Å². The molecule has 0 bridgehead atoms.